The van der Waals surface area contributed by atoms with E-state index in [1.54, 1.807) is 18.0 Å². The van der Waals surface area contributed by atoms with Crippen LogP contribution in [0, 0.1) is 10.1 Å². The van der Waals surface area contributed by atoms with Crippen molar-refractivity contribution in [2.75, 3.05) is 18.9 Å². The van der Waals surface area contributed by atoms with E-state index in [0.29, 0.717) is 23.8 Å². The van der Waals surface area contributed by atoms with Crippen molar-refractivity contribution >= 4 is 17.3 Å². The highest BCUT2D eigenvalue weighted by molar-refractivity contribution is 5.96. The van der Waals surface area contributed by atoms with Gasteiger partial charge in [0.05, 0.1) is 4.92 Å². The van der Waals surface area contributed by atoms with E-state index < -0.39 is 4.92 Å². The van der Waals surface area contributed by atoms with Crippen molar-refractivity contribution in [2.24, 2.45) is 0 Å². The lowest BCUT2D eigenvalue weighted by molar-refractivity contribution is -0.384. The van der Waals surface area contributed by atoms with Gasteiger partial charge in [-0.05, 0) is 38.3 Å². The molecule has 20 heavy (non-hydrogen) atoms. The molecule has 0 saturated heterocycles. The van der Waals surface area contributed by atoms with Crippen LogP contribution in [0.15, 0.2) is 18.2 Å². The van der Waals surface area contributed by atoms with E-state index in [2.05, 4.69) is 5.32 Å². The molecule has 1 fully saturated rings. The van der Waals surface area contributed by atoms with Crippen molar-refractivity contribution in [1.82, 2.24) is 4.90 Å². The van der Waals surface area contributed by atoms with E-state index in [9.17, 15) is 14.9 Å². The van der Waals surface area contributed by atoms with Crippen LogP contribution in [-0.2, 0) is 0 Å². The topological polar surface area (TPSA) is 75.5 Å². The molecule has 1 aliphatic rings. The third-order valence-corrected chi connectivity index (χ3v) is 3.75. The number of hydrogen-bond acceptors (Lipinski definition) is 4. The van der Waals surface area contributed by atoms with Crippen LogP contribution in [0.2, 0.25) is 0 Å². The maximum atomic E-state index is 12.3. The van der Waals surface area contributed by atoms with Crippen molar-refractivity contribution in [3.05, 3.63) is 33.9 Å². The molecule has 1 aromatic carbocycles. The fraction of sp³-hybridized carbons (Fsp3) is 0.500. The van der Waals surface area contributed by atoms with Gasteiger partial charge < -0.3 is 10.2 Å². The number of benzene rings is 1. The third kappa shape index (κ3) is 2.74. The predicted octanol–water partition coefficient (Wildman–Crippen LogP) is 2.65. The molecule has 0 spiro atoms. The van der Waals surface area contributed by atoms with Gasteiger partial charge in [0.1, 0.15) is 5.69 Å². The highest BCUT2D eigenvalue weighted by Crippen LogP contribution is 2.28. The van der Waals surface area contributed by atoms with Gasteiger partial charge in [-0.25, -0.2) is 0 Å². The Morgan fingerprint density at radius 3 is 2.70 bits per heavy atom. The first-order chi connectivity index (χ1) is 9.54. The van der Waals surface area contributed by atoms with Crippen molar-refractivity contribution in [3.8, 4) is 0 Å². The summed E-state index contributed by atoms with van der Waals surface area (Å²) in [6.45, 7) is 2.43. The number of carbonyl (C=O) groups is 1. The zero-order chi connectivity index (χ0) is 14.7. The Labute approximate surface area is 117 Å². The van der Waals surface area contributed by atoms with Crippen LogP contribution >= 0.6 is 0 Å². The maximum absolute atomic E-state index is 12.3. The molecule has 0 atom stereocenters. The second-order valence-corrected chi connectivity index (χ2v) is 5.02. The van der Waals surface area contributed by atoms with Gasteiger partial charge >= 0.3 is 0 Å². The molecule has 0 radical (unpaired) electrons. The van der Waals surface area contributed by atoms with Crippen molar-refractivity contribution in [3.63, 3.8) is 0 Å². The monoisotopic (exact) mass is 277 g/mol. The molecule has 6 heteroatoms. The SMILES string of the molecule is CCNc1cc(C(=O)N(C)C2CCC2)ccc1[N+](=O)[O-]. The van der Waals surface area contributed by atoms with Crippen LogP contribution < -0.4 is 5.32 Å². The Balaban J connectivity index is 2.25. The Morgan fingerprint density at radius 1 is 1.50 bits per heavy atom. The number of nitrogens with one attached hydrogen (secondary N) is 1. The smallest absolute Gasteiger partial charge is 0.292 e. The van der Waals surface area contributed by atoms with Gasteiger partial charge in [-0.3, -0.25) is 14.9 Å². The number of rotatable bonds is 5. The quantitative estimate of drug-likeness (QED) is 0.663. The number of nitrogens with zero attached hydrogens (tertiary/aromatic N) is 2. The molecule has 1 saturated carbocycles. The second-order valence-electron chi connectivity index (χ2n) is 5.02. The third-order valence-electron chi connectivity index (χ3n) is 3.75. The molecule has 2 rings (SSSR count). The lowest BCUT2D eigenvalue weighted by Gasteiger charge is -2.34. The minimum absolute atomic E-state index is 0.00491. The summed E-state index contributed by atoms with van der Waals surface area (Å²) in [6, 6.07) is 4.79. The molecule has 108 valence electrons. The van der Waals surface area contributed by atoms with Crippen LogP contribution in [0.4, 0.5) is 11.4 Å². The lowest BCUT2D eigenvalue weighted by atomic mass is 9.91. The van der Waals surface area contributed by atoms with Crippen LogP contribution in [-0.4, -0.2) is 35.4 Å². The molecular formula is C14H19N3O3. The van der Waals surface area contributed by atoms with Gasteiger partial charge in [0.25, 0.3) is 11.6 Å². The molecule has 1 N–H and O–H groups in total. The molecule has 0 unspecified atom stereocenters. The van der Waals surface area contributed by atoms with Crippen molar-refractivity contribution in [1.29, 1.82) is 0 Å². The highest BCUT2D eigenvalue weighted by atomic mass is 16.6. The van der Waals surface area contributed by atoms with Gasteiger partial charge in [-0.1, -0.05) is 0 Å². The second kappa shape index (κ2) is 5.90. The maximum Gasteiger partial charge on any atom is 0.292 e. The summed E-state index contributed by atoms with van der Waals surface area (Å²) in [5, 5.41) is 13.9. The molecule has 0 bridgehead atoms. The standard InChI is InChI=1S/C14H19N3O3/c1-3-15-12-9-10(7-8-13(12)17(19)20)14(18)16(2)11-5-4-6-11/h7-9,11,15H,3-6H2,1-2H3. The Morgan fingerprint density at radius 2 is 2.20 bits per heavy atom. The van der Waals surface area contributed by atoms with Gasteiger partial charge in [0, 0.05) is 31.3 Å². The molecule has 6 nitrogen and oxygen atoms in total. The molecular weight excluding hydrogens is 258 g/mol. The minimum Gasteiger partial charge on any atom is -0.380 e. The Bertz CT molecular complexity index is 526. The first-order valence-corrected chi connectivity index (χ1v) is 6.84. The van der Waals surface area contributed by atoms with Crippen LogP contribution in [0.25, 0.3) is 0 Å². The molecule has 0 aliphatic heterocycles. The number of anilines is 1. The number of hydrogen-bond donors (Lipinski definition) is 1. The van der Waals surface area contributed by atoms with Crippen LogP contribution in [0.5, 0.6) is 0 Å². The number of carbonyl (C=O) groups excluding carboxylic acids is 1. The van der Waals surface area contributed by atoms with Crippen LogP contribution in [0.1, 0.15) is 36.5 Å². The molecule has 1 amide bonds. The Hall–Kier alpha value is -2.11. The first-order valence-electron chi connectivity index (χ1n) is 6.84. The van der Waals surface area contributed by atoms with Gasteiger partial charge in [0.15, 0.2) is 0 Å². The number of nitro benzene ring substituents is 1. The minimum atomic E-state index is -0.443. The number of nitro groups is 1. The van der Waals surface area contributed by atoms with E-state index in [-0.39, 0.29) is 11.6 Å². The summed E-state index contributed by atoms with van der Waals surface area (Å²) < 4.78 is 0. The summed E-state index contributed by atoms with van der Waals surface area (Å²) in [6.07, 6.45) is 3.23. The zero-order valence-electron chi connectivity index (χ0n) is 11.8. The summed E-state index contributed by atoms with van der Waals surface area (Å²) in [5.74, 6) is -0.0799. The van der Waals surface area contributed by atoms with E-state index in [1.807, 2.05) is 6.92 Å². The van der Waals surface area contributed by atoms with E-state index in [4.69, 9.17) is 0 Å². The molecule has 0 heterocycles. The normalized spacial score (nSPS) is 14.5. The van der Waals surface area contributed by atoms with Gasteiger partial charge in [-0.15, -0.1) is 0 Å². The number of amides is 1. The molecule has 1 aliphatic carbocycles. The summed E-state index contributed by atoms with van der Waals surface area (Å²) >= 11 is 0. The predicted molar refractivity (Wildman–Crippen MR) is 77.0 cm³/mol. The average Bonchev–Trinajstić information content (AvgIpc) is 2.35. The lowest BCUT2D eigenvalue weighted by Crippen LogP contribution is -2.41. The highest BCUT2D eigenvalue weighted by Gasteiger charge is 2.27. The van der Waals surface area contributed by atoms with E-state index in [0.717, 1.165) is 19.3 Å². The van der Waals surface area contributed by atoms with E-state index >= 15 is 0 Å². The van der Waals surface area contributed by atoms with Crippen LogP contribution in [0.3, 0.4) is 0 Å². The van der Waals surface area contributed by atoms with E-state index in [1.165, 1.54) is 12.1 Å². The van der Waals surface area contributed by atoms with Gasteiger partial charge in [-0.2, -0.15) is 0 Å². The molecule has 0 aromatic heterocycles. The average molecular weight is 277 g/mol. The summed E-state index contributed by atoms with van der Waals surface area (Å²) in [5.41, 5.74) is 0.876. The first kappa shape index (κ1) is 14.3. The molecule has 1 aromatic rings. The van der Waals surface area contributed by atoms with Crippen molar-refractivity contribution in [2.45, 2.75) is 32.2 Å². The Kier molecular flexibility index (Phi) is 4.22. The van der Waals surface area contributed by atoms with Gasteiger partial charge in [0.2, 0.25) is 0 Å². The summed E-state index contributed by atoms with van der Waals surface area (Å²) in [7, 11) is 1.79. The summed E-state index contributed by atoms with van der Waals surface area (Å²) in [4.78, 5) is 24.6. The van der Waals surface area contributed by atoms with Crippen molar-refractivity contribution < 1.29 is 9.72 Å². The zero-order valence-corrected chi connectivity index (χ0v) is 11.8. The fourth-order valence-corrected chi connectivity index (χ4v) is 2.30. The fourth-order valence-electron chi connectivity index (χ4n) is 2.30. The largest absolute Gasteiger partial charge is 0.380 e.